The zero-order chi connectivity index (χ0) is 9.97. The van der Waals surface area contributed by atoms with E-state index in [1.54, 1.807) is 12.1 Å². The van der Waals surface area contributed by atoms with Gasteiger partial charge < -0.3 is 4.84 Å². The summed E-state index contributed by atoms with van der Waals surface area (Å²) in [5, 5.41) is 1.71. The molecule has 0 aromatic heterocycles. The Morgan fingerprint density at radius 3 is 2.57 bits per heavy atom. The van der Waals surface area contributed by atoms with Gasteiger partial charge in [0, 0.05) is 0 Å². The minimum atomic E-state index is -0.734. The highest BCUT2D eigenvalue weighted by Gasteiger charge is 2.09. The smallest absolute Gasteiger partial charge is 0.324 e. The highest BCUT2D eigenvalue weighted by atomic mass is 16.7. The molecule has 2 aromatic rings. The molecule has 0 amide bonds. The first-order valence-electron chi connectivity index (χ1n) is 4.16. The average molecular weight is 185 g/mol. The Balaban J connectivity index is 2.71. The van der Waals surface area contributed by atoms with Crippen molar-refractivity contribution in [2.75, 3.05) is 0 Å². The van der Waals surface area contributed by atoms with Crippen LogP contribution < -0.4 is 5.90 Å². The highest BCUT2D eigenvalue weighted by molar-refractivity contribution is 6.04. The van der Waals surface area contributed by atoms with Gasteiger partial charge in [0.2, 0.25) is 0 Å². The molecular weight excluding hydrogens is 178 g/mol. The molecule has 3 nitrogen and oxygen atoms in total. The number of fused-ring (bicyclic) bond motifs is 1. The fourth-order valence-corrected chi connectivity index (χ4v) is 1.45. The molecule has 14 heavy (non-hydrogen) atoms. The zero-order valence-corrected chi connectivity index (χ0v) is 7.31. The summed E-state index contributed by atoms with van der Waals surface area (Å²) in [5.74, 6) is 7.56. The predicted octanol–water partition coefficient (Wildman–Crippen LogP) is 1.98. The molecule has 0 heterocycles. The largest absolute Gasteiger partial charge is 0.361 e. The normalized spacial score (nSPS) is 10.1. The van der Waals surface area contributed by atoms with Gasteiger partial charge in [0.25, 0.3) is 0 Å². The lowest BCUT2D eigenvalue weighted by molar-refractivity contribution is 0.0466. The van der Waals surface area contributed by atoms with Gasteiger partial charge in [-0.1, -0.05) is 36.4 Å². The van der Waals surface area contributed by atoms with Crippen LogP contribution in [0, 0.1) is 0 Å². The van der Waals surface area contributed by atoms with Crippen LogP contribution in [0.5, 0.6) is 0 Å². The number of carbonyl (C=O) groups excluding carboxylic acids is 1. The van der Waals surface area contributed by atoms with Crippen molar-refractivity contribution >= 4 is 16.7 Å². The van der Waals surface area contributed by atoms with Crippen molar-refractivity contribution in [1.82, 2.24) is 5.90 Å². The van der Waals surface area contributed by atoms with E-state index >= 15 is 0 Å². The third kappa shape index (κ3) is 1.34. The summed E-state index contributed by atoms with van der Waals surface area (Å²) >= 11 is 0. The van der Waals surface area contributed by atoms with Crippen molar-refractivity contribution in [3.8, 4) is 0 Å². The van der Waals surface area contributed by atoms with Gasteiger partial charge in [-0.3, -0.25) is 0 Å². The lowest BCUT2D eigenvalue weighted by Gasteiger charge is -2.01. The second kappa shape index (κ2) is 3.47. The van der Waals surface area contributed by atoms with Gasteiger partial charge in [0.05, 0.1) is 5.56 Å². The van der Waals surface area contributed by atoms with Crippen LogP contribution in [0.1, 0.15) is 10.4 Å². The molecule has 2 rings (SSSR count). The molecule has 0 saturated heterocycles. The quantitative estimate of drug-likeness (QED) is 0.638. The summed E-state index contributed by atoms with van der Waals surface area (Å²) < 4.78 is 0. The number of hydrogen-bond donors (Lipinski definition) is 0. The number of rotatable bonds is 1. The summed E-state index contributed by atoms with van der Waals surface area (Å²) in [6, 6.07) is 12.7. The van der Waals surface area contributed by atoms with Gasteiger partial charge in [0.15, 0.2) is 0 Å². The van der Waals surface area contributed by atoms with Crippen molar-refractivity contribution in [3.63, 3.8) is 0 Å². The fourth-order valence-electron chi connectivity index (χ4n) is 1.45. The molecule has 2 aromatic carbocycles. The standard InChI is InChI=1S/C11H7NO2/c12-14-11(13)10-7-3-5-8-4-1-2-6-9(8)10/h1-7H. The third-order valence-electron chi connectivity index (χ3n) is 2.09. The van der Waals surface area contributed by atoms with Crippen LogP contribution in [0.4, 0.5) is 0 Å². The van der Waals surface area contributed by atoms with Gasteiger partial charge in [-0.05, 0) is 16.8 Å². The van der Waals surface area contributed by atoms with Crippen molar-refractivity contribution in [3.05, 3.63) is 48.0 Å². The Morgan fingerprint density at radius 1 is 1.07 bits per heavy atom. The predicted molar refractivity (Wildman–Crippen MR) is 51.5 cm³/mol. The summed E-state index contributed by atoms with van der Waals surface area (Å²) in [7, 11) is 0. The Morgan fingerprint density at radius 2 is 1.79 bits per heavy atom. The maximum Gasteiger partial charge on any atom is 0.361 e. The molecule has 0 unspecified atom stereocenters. The van der Waals surface area contributed by atoms with Crippen LogP contribution in [0.15, 0.2) is 42.5 Å². The minimum absolute atomic E-state index is 0.366. The SMILES string of the molecule is [N]OC(=O)c1cccc2ccccc12. The molecule has 0 aliphatic carbocycles. The topological polar surface area (TPSA) is 48.6 Å². The van der Waals surface area contributed by atoms with Crippen molar-refractivity contribution < 1.29 is 9.63 Å². The molecule has 0 aliphatic rings. The van der Waals surface area contributed by atoms with Crippen LogP contribution in [0.25, 0.3) is 10.8 Å². The fraction of sp³-hybridized carbons (Fsp3) is 0. The average Bonchev–Trinajstić information content (AvgIpc) is 2.27. The van der Waals surface area contributed by atoms with E-state index in [2.05, 4.69) is 4.84 Å². The molecule has 0 saturated carbocycles. The van der Waals surface area contributed by atoms with Crippen molar-refractivity contribution in [2.24, 2.45) is 0 Å². The molecule has 0 aliphatic heterocycles. The molecule has 68 valence electrons. The van der Waals surface area contributed by atoms with E-state index in [9.17, 15) is 4.79 Å². The van der Waals surface area contributed by atoms with E-state index in [-0.39, 0.29) is 0 Å². The van der Waals surface area contributed by atoms with Gasteiger partial charge in [0.1, 0.15) is 5.90 Å². The molecule has 0 fully saturated rings. The Kier molecular flexibility index (Phi) is 2.16. The first-order chi connectivity index (χ1) is 6.83. The molecule has 0 N–H and O–H groups in total. The highest BCUT2D eigenvalue weighted by Crippen LogP contribution is 2.18. The second-order valence-electron chi connectivity index (χ2n) is 2.91. The minimum Gasteiger partial charge on any atom is -0.324 e. The van der Waals surface area contributed by atoms with E-state index in [1.165, 1.54) is 0 Å². The summed E-state index contributed by atoms with van der Waals surface area (Å²) in [6.07, 6.45) is 0. The van der Waals surface area contributed by atoms with E-state index in [4.69, 9.17) is 5.90 Å². The van der Waals surface area contributed by atoms with Crippen molar-refractivity contribution in [1.29, 1.82) is 0 Å². The Labute approximate surface area is 81.0 Å². The Hall–Kier alpha value is -1.87. The molecule has 3 heteroatoms. The first kappa shape index (κ1) is 8.72. The van der Waals surface area contributed by atoms with Gasteiger partial charge in [-0.2, -0.15) is 0 Å². The van der Waals surface area contributed by atoms with Crippen LogP contribution in [0.2, 0.25) is 0 Å². The molecule has 2 radical (unpaired) electrons. The van der Waals surface area contributed by atoms with Crippen LogP contribution in [0.3, 0.4) is 0 Å². The van der Waals surface area contributed by atoms with Gasteiger partial charge in [-0.25, -0.2) is 4.79 Å². The maximum atomic E-state index is 11.2. The van der Waals surface area contributed by atoms with Crippen LogP contribution >= 0.6 is 0 Å². The lowest BCUT2D eigenvalue weighted by Crippen LogP contribution is -2.03. The first-order valence-corrected chi connectivity index (χ1v) is 4.16. The second-order valence-corrected chi connectivity index (χ2v) is 2.91. The van der Waals surface area contributed by atoms with Crippen LogP contribution in [-0.2, 0) is 4.84 Å². The maximum absolute atomic E-state index is 11.2. The van der Waals surface area contributed by atoms with E-state index in [0.29, 0.717) is 5.56 Å². The number of hydrogen-bond acceptors (Lipinski definition) is 2. The molecular formula is C11H7NO2. The third-order valence-corrected chi connectivity index (χ3v) is 2.09. The number of carbonyl (C=O) groups is 1. The van der Waals surface area contributed by atoms with E-state index in [0.717, 1.165) is 10.8 Å². The monoisotopic (exact) mass is 185 g/mol. The summed E-state index contributed by atoms with van der Waals surface area (Å²) in [5.41, 5.74) is 0.366. The van der Waals surface area contributed by atoms with Gasteiger partial charge >= 0.3 is 5.97 Å². The van der Waals surface area contributed by atoms with E-state index in [1.807, 2.05) is 30.3 Å². The molecule has 0 bridgehead atoms. The van der Waals surface area contributed by atoms with Gasteiger partial charge in [-0.15, -0.1) is 0 Å². The van der Waals surface area contributed by atoms with Crippen molar-refractivity contribution in [2.45, 2.75) is 0 Å². The molecule has 0 atom stereocenters. The number of nitrogens with zero attached hydrogens (tertiary/aromatic N) is 1. The molecule has 0 spiro atoms. The summed E-state index contributed by atoms with van der Waals surface area (Å²) in [6.45, 7) is 0. The lowest BCUT2D eigenvalue weighted by atomic mass is 10.1. The summed E-state index contributed by atoms with van der Waals surface area (Å²) in [4.78, 5) is 14.9. The number of benzene rings is 2. The van der Waals surface area contributed by atoms with Crippen LogP contribution in [-0.4, -0.2) is 5.97 Å². The zero-order valence-electron chi connectivity index (χ0n) is 7.31. The van der Waals surface area contributed by atoms with E-state index < -0.39 is 5.97 Å². The Bertz CT molecular complexity index is 474.